The summed E-state index contributed by atoms with van der Waals surface area (Å²) in [6.45, 7) is 10.9. The number of carbonyl (C=O) groups is 1. The standard InChI is InChI=1S/C18H30N4O.HI/c1-12(2)14(5)21-18(19-6)20-11-15-7-9-16(10-8-15)22-17(23)13(3)4;/h7-10,12-14H,11H2,1-6H3,(H,22,23)(H2,19,20,21);1H. The molecule has 1 atom stereocenters. The molecule has 1 rings (SSSR count). The van der Waals surface area contributed by atoms with Gasteiger partial charge in [-0.25, -0.2) is 0 Å². The van der Waals surface area contributed by atoms with Gasteiger partial charge in [-0.3, -0.25) is 9.79 Å². The maximum Gasteiger partial charge on any atom is 0.226 e. The molecular formula is C18H31IN4O. The highest BCUT2D eigenvalue weighted by Crippen LogP contribution is 2.11. The van der Waals surface area contributed by atoms with Gasteiger partial charge in [-0.2, -0.15) is 0 Å². The topological polar surface area (TPSA) is 65.5 Å². The maximum absolute atomic E-state index is 11.7. The number of benzene rings is 1. The predicted molar refractivity (Wildman–Crippen MR) is 113 cm³/mol. The summed E-state index contributed by atoms with van der Waals surface area (Å²) in [7, 11) is 1.77. The first-order valence-electron chi connectivity index (χ1n) is 8.20. The van der Waals surface area contributed by atoms with Crippen LogP contribution in [0.1, 0.15) is 40.2 Å². The van der Waals surface area contributed by atoms with Crippen LogP contribution in [0.15, 0.2) is 29.3 Å². The van der Waals surface area contributed by atoms with E-state index >= 15 is 0 Å². The summed E-state index contributed by atoms with van der Waals surface area (Å²) in [5.41, 5.74) is 1.95. The van der Waals surface area contributed by atoms with Crippen LogP contribution in [0.4, 0.5) is 5.69 Å². The number of halogens is 1. The Balaban J connectivity index is 0.00000529. The van der Waals surface area contributed by atoms with Crippen molar-refractivity contribution in [2.45, 2.75) is 47.2 Å². The molecule has 0 radical (unpaired) electrons. The normalized spacial score (nSPS) is 12.6. The summed E-state index contributed by atoms with van der Waals surface area (Å²) < 4.78 is 0. The lowest BCUT2D eigenvalue weighted by Gasteiger charge is -2.20. The van der Waals surface area contributed by atoms with Gasteiger partial charge < -0.3 is 16.0 Å². The summed E-state index contributed by atoms with van der Waals surface area (Å²) in [4.78, 5) is 15.9. The van der Waals surface area contributed by atoms with Crippen molar-refractivity contribution in [1.82, 2.24) is 10.6 Å². The zero-order chi connectivity index (χ0) is 17.4. The molecule has 1 aromatic rings. The summed E-state index contributed by atoms with van der Waals surface area (Å²) in [5.74, 6) is 1.35. The first-order valence-corrected chi connectivity index (χ1v) is 8.20. The Bertz CT molecular complexity index is 526. The minimum Gasteiger partial charge on any atom is -0.354 e. The van der Waals surface area contributed by atoms with Gasteiger partial charge in [-0.1, -0.05) is 39.8 Å². The van der Waals surface area contributed by atoms with Gasteiger partial charge in [0.25, 0.3) is 0 Å². The molecule has 0 aliphatic rings. The molecule has 0 heterocycles. The zero-order valence-electron chi connectivity index (χ0n) is 15.5. The molecule has 1 amide bonds. The molecule has 0 bridgehead atoms. The Morgan fingerprint density at radius 1 is 1.08 bits per heavy atom. The smallest absolute Gasteiger partial charge is 0.226 e. The van der Waals surface area contributed by atoms with Crippen molar-refractivity contribution in [3.05, 3.63) is 29.8 Å². The first-order chi connectivity index (χ1) is 10.8. The van der Waals surface area contributed by atoms with Crippen LogP contribution in [0.3, 0.4) is 0 Å². The van der Waals surface area contributed by atoms with Gasteiger partial charge in [0.1, 0.15) is 0 Å². The van der Waals surface area contributed by atoms with Gasteiger partial charge in [-0.15, -0.1) is 24.0 Å². The monoisotopic (exact) mass is 446 g/mol. The fourth-order valence-corrected chi connectivity index (χ4v) is 1.76. The minimum atomic E-state index is -0.0197. The molecule has 5 nitrogen and oxygen atoms in total. The molecule has 0 aliphatic carbocycles. The van der Waals surface area contributed by atoms with Crippen LogP contribution in [0.5, 0.6) is 0 Å². The molecular weight excluding hydrogens is 415 g/mol. The highest BCUT2D eigenvalue weighted by atomic mass is 127. The van der Waals surface area contributed by atoms with Crippen LogP contribution >= 0.6 is 24.0 Å². The van der Waals surface area contributed by atoms with Crippen LogP contribution in [-0.2, 0) is 11.3 Å². The predicted octanol–water partition coefficient (Wildman–Crippen LogP) is 3.61. The fourth-order valence-electron chi connectivity index (χ4n) is 1.76. The molecule has 0 spiro atoms. The van der Waals surface area contributed by atoms with E-state index < -0.39 is 0 Å². The number of guanidine groups is 1. The Labute approximate surface area is 163 Å². The number of carbonyl (C=O) groups excluding carboxylic acids is 1. The lowest BCUT2D eigenvalue weighted by molar-refractivity contribution is -0.118. The summed E-state index contributed by atoms with van der Waals surface area (Å²) in [5, 5.41) is 9.56. The zero-order valence-corrected chi connectivity index (χ0v) is 17.8. The van der Waals surface area contributed by atoms with Gasteiger partial charge in [0.05, 0.1) is 0 Å². The lowest BCUT2D eigenvalue weighted by atomic mass is 10.1. The third-order valence-electron chi connectivity index (χ3n) is 3.79. The Morgan fingerprint density at radius 3 is 2.12 bits per heavy atom. The van der Waals surface area contributed by atoms with Crippen LogP contribution in [0.2, 0.25) is 0 Å². The van der Waals surface area contributed by atoms with Crippen LogP contribution in [-0.4, -0.2) is 25.0 Å². The quantitative estimate of drug-likeness (QED) is 0.356. The number of anilines is 1. The molecule has 3 N–H and O–H groups in total. The molecule has 0 aromatic heterocycles. The van der Waals surface area contributed by atoms with Crippen molar-refractivity contribution in [3.63, 3.8) is 0 Å². The molecule has 0 saturated heterocycles. The highest BCUT2D eigenvalue weighted by Gasteiger charge is 2.09. The number of nitrogens with zero attached hydrogens (tertiary/aromatic N) is 1. The van der Waals surface area contributed by atoms with E-state index in [2.05, 4.69) is 41.7 Å². The average Bonchev–Trinajstić information content (AvgIpc) is 2.52. The van der Waals surface area contributed by atoms with E-state index in [0.29, 0.717) is 18.5 Å². The van der Waals surface area contributed by atoms with E-state index in [1.807, 2.05) is 38.1 Å². The van der Waals surface area contributed by atoms with E-state index in [1.165, 1.54) is 0 Å². The SMILES string of the molecule is CN=C(NCc1ccc(NC(=O)C(C)C)cc1)NC(C)C(C)C.I. The number of rotatable bonds is 6. The van der Waals surface area contributed by atoms with Crippen molar-refractivity contribution in [2.75, 3.05) is 12.4 Å². The molecule has 0 aliphatic heterocycles. The summed E-state index contributed by atoms with van der Waals surface area (Å²) in [6, 6.07) is 8.20. The van der Waals surface area contributed by atoms with Gasteiger partial charge >= 0.3 is 0 Å². The van der Waals surface area contributed by atoms with E-state index in [0.717, 1.165) is 17.2 Å². The molecule has 24 heavy (non-hydrogen) atoms. The number of amides is 1. The molecule has 0 saturated carbocycles. The van der Waals surface area contributed by atoms with Crippen molar-refractivity contribution in [1.29, 1.82) is 0 Å². The molecule has 0 fully saturated rings. The second-order valence-electron chi connectivity index (χ2n) is 6.44. The minimum absolute atomic E-state index is 0. The van der Waals surface area contributed by atoms with Gasteiger partial charge in [0, 0.05) is 31.2 Å². The number of hydrogen-bond donors (Lipinski definition) is 3. The van der Waals surface area contributed by atoms with Crippen molar-refractivity contribution >= 4 is 41.5 Å². The Morgan fingerprint density at radius 2 is 1.67 bits per heavy atom. The van der Waals surface area contributed by atoms with Gasteiger partial charge in [-0.05, 0) is 30.5 Å². The largest absolute Gasteiger partial charge is 0.354 e. The third-order valence-corrected chi connectivity index (χ3v) is 3.79. The Kier molecular flexibility index (Phi) is 10.7. The second-order valence-corrected chi connectivity index (χ2v) is 6.44. The van der Waals surface area contributed by atoms with Crippen molar-refractivity contribution < 1.29 is 4.79 Å². The van der Waals surface area contributed by atoms with E-state index in [9.17, 15) is 4.79 Å². The summed E-state index contributed by atoms with van der Waals surface area (Å²) in [6.07, 6.45) is 0. The molecule has 1 aromatic carbocycles. The second kappa shape index (κ2) is 11.3. The highest BCUT2D eigenvalue weighted by molar-refractivity contribution is 14.0. The first kappa shape index (κ1) is 22.7. The van der Waals surface area contributed by atoms with E-state index in [1.54, 1.807) is 7.05 Å². The summed E-state index contributed by atoms with van der Waals surface area (Å²) >= 11 is 0. The van der Waals surface area contributed by atoms with E-state index in [4.69, 9.17) is 0 Å². The van der Waals surface area contributed by atoms with E-state index in [-0.39, 0.29) is 35.8 Å². The number of nitrogens with one attached hydrogen (secondary N) is 3. The lowest BCUT2D eigenvalue weighted by Crippen LogP contribution is -2.43. The average molecular weight is 446 g/mol. The van der Waals surface area contributed by atoms with Gasteiger partial charge in [0.15, 0.2) is 5.96 Å². The van der Waals surface area contributed by atoms with Crippen LogP contribution in [0, 0.1) is 11.8 Å². The van der Waals surface area contributed by atoms with Crippen molar-refractivity contribution in [2.24, 2.45) is 16.8 Å². The van der Waals surface area contributed by atoms with Crippen LogP contribution in [0.25, 0.3) is 0 Å². The Hall–Kier alpha value is -1.31. The molecule has 136 valence electrons. The van der Waals surface area contributed by atoms with Crippen molar-refractivity contribution in [3.8, 4) is 0 Å². The number of hydrogen-bond acceptors (Lipinski definition) is 2. The molecule has 6 heteroatoms. The van der Waals surface area contributed by atoms with Crippen LogP contribution < -0.4 is 16.0 Å². The molecule has 1 unspecified atom stereocenters. The number of aliphatic imine (C=N–C) groups is 1. The fraction of sp³-hybridized carbons (Fsp3) is 0.556. The van der Waals surface area contributed by atoms with Gasteiger partial charge in [0.2, 0.25) is 5.91 Å². The maximum atomic E-state index is 11.7. The third kappa shape index (κ3) is 7.99.